The van der Waals surface area contributed by atoms with Crippen molar-refractivity contribution in [3.63, 3.8) is 0 Å². The van der Waals surface area contributed by atoms with E-state index in [9.17, 15) is 4.79 Å². The number of rotatable bonds is 2. The first-order valence-electron chi connectivity index (χ1n) is 4.67. The van der Waals surface area contributed by atoms with Gasteiger partial charge in [-0.05, 0) is 25.9 Å². The van der Waals surface area contributed by atoms with Crippen molar-refractivity contribution < 1.29 is 14.3 Å². The fraction of sp³-hybridized carbons (Fsp3) is 0.556. The van der Waals surface area contributed by atoms with E-state index in [1.54, 1.807) is 0 Å². The average Bonchev–Trinajstić information content (AvgIpc) is 2.68. The van der Waals surface area contributed by atoms with Gasteiger partial charge in [0.15, 0.2) is 11.6 Å². The van der Waals surface area contributed by atoms with Gasteiger partial charge in [-0.2, -0.15) is 0 Å². The summed E-state index contributed by atoms with van der Waals surface area (Å²) in [7, 11) is 0. The van der Waals surface area contributed by atoms with Crippen LogP contribution in [0.5, 0.6) is 0 Å². The van der Waals surface area contributed by atoms with Crippen molar-refractivity contribution in [2.24, 2.45) is 0 Å². The number of aromatic nitrogens is 1. The number of hydrogen-bond acceptors (Lipinski definition) is 4. The summed E-state index contributed by atoms with van der Waals surface area (Å²) in [5.41, 5.74) is -0.00136. The zero-order valence-corrected chi connectivity index (χ0v) is 7.69. The number of nitrogens with one attached hydrogen (secondary N) is 1. The van der Waals surface area contributed by atoms with Gasteiger partial charge in [0, 0.05) is 5.92 Å². The standard InChI is InChI=1S/C9H12N2O3/c12-9(13)7-5-14-8(11-7)6-1-3-10-4-2-6/h5-6,10H,1-4H2,(H,12,13). The SMILES string of the molecule is O=C(O)c1coc(C2CCNCC2)n1. The van der Waals surface area contributed by atoms with Gasteiger partial charge in [0.05, 0.1) is 0 Å². The highest BCUT2D eigenvalue weighted by Crippen LogP contribution is 2.24. The van der Waals surface area contributed by atoms with E-state index in [1.165, 1.54) is 6.26 Å². The van der Waals surface area contributed by atoms with Crippen LogP contribution >= 0.6 is 0 Å². The van der Waals surface area contributed by atoms with Crippen LogP contribution in [0.25, 0.3) is 0 Å². The van der Waals surface area contributed by atoms with Gasteiger partial charge >= 0.3 is 5.97 Å². The number of piperidine rings is 1. The Morgan fingerprint density at radius 2 is 2.29 bits per heavy atom. The first-order valence-corrected chi connectivity index (χ1v) is 4.67. The normalized spacial score (nSPS) is 18.3. The van der Waals surface area contributed by atoms with Gasteiger partial charge in [-0.1, -0.05) is 0 Å². The van der Waals surface area contributed by atoms with E-state index in [2.05, 4.69) is 10.3 Å². The molecule has 0 saturated carbocycles. The van der Waals surface area contributed by atoms with E-state index < -0.39 is 5.97 Å². The molecule has 0 unspecified atom stereocenters. The number of carboxylic acid groups (broad SMARTS) is 1. The van der Waals surface area contributed by atoms with Gasteiger partial charge in [-0.3, -0.25) is 0 Å². The quantitative estimate of drug-likeness (QED) is 0.733. The molecule has 5 nitrogen and oxygen atoms in total. The number of hydrogen-bond donors (Lipinski definition) is 2. The summed E-state index contributed by atoms with van der Waals surface area (Å²) < 4.78 is 5.15. The minimum absolute atomic E-state index is 0.00136. The van der Waals surface area contributed by atoms with E-state index in [0.29, 0.717) is 5.89 Å². The molecule has 0 aliphatic carbocycles. The minimum atomic E-state index is -1.03. The largest absolute Gasteiger partial charge is 0.476 e. The third-order valence-electron chi connectivity index (χ3n) is 2.43. The molecule has 0 amide bonds. The molecule has 0 atom stereocenters. The maximum atomic E-state index is 10.6. The molecule has 14 heavy (non-hydrogen) atoms. The van der Waals surface area contributed by atoms with Crippen LogP contribution in [0.2, 0.25) is 0 Å². The number of oxazole rings is 1. The molecule has 2 heterocycles. The topological polar surface area (TPSA) is 75.4 Å². The van der Waals surface area contributed by atoms with Gasteiger partial charge in [0.2, 0.25) is 0 Å². The summed E-state index contributed by atoms with van der Waals surface area (Å²) >= 11 is 0. The molecule has 76 valence electrons. The van der Waals surface area contributed by atoms with Gasteiger partial charge in [-0.25, -0.2) is 9.78 Å². The zero-order valence-electron chi connectivity index (χ0n) is 7.69. The number of aromatic carboxylic acids is 1. The fourth-order valence-electron chi connectivity index (χ4n) is 1.64. The summed E-state index contributed by atoms with van der Waals surface area (Å²) in [4.78, 5) is 14.5. The number of nitrogens with zero attached hydrogens (tertiary/aromatic N) is 1. The number of carbonyl (C=O) groups is 1. The van der Waals surface area contributed by atoms with Crippen molar-refractivity contribution in [1.82, 2.24) is 10.3 Å². The molecular weight excluding hydrogens is 184 g/mol. The van der Waals surface area contributed by atoms with Crippen LogP contribution in [0.4, 0.5) is 0 Å². The van der Waals surface area contributed by atoms with Crippen molar-refractivity contribution in [2.45, 2.75) is 18.8 Å². The van der Waals surface area contributed by atoms with Crippen LogP contribution in [0.15, 0.2) is 10.7 Å². The zero-order chi connectivity index (χ0) is 9.97. The molecule has 1 aromatic rings. The van der Waals surface area contributed by atoms with Crippen LogP contribution in [-0.2, 0) is 0 Å². The van der Waals surface area contributed by atoms with E-state index >= 15 is 0 Å². The van der Waals surface area contributed by atoms with Crippen LogP contribution in [0.3, 0.4) is 0 Å². The lowest BCUT2D eigenvalue weighted by atomic mass is 9.98. The van der Waals surface area contributed by atoms with Crippen LogP contribution in [0, 0.1) is 0 Å². The highest BCUT2D eigenvalue weighted by Gasteiger charge is 2.21. The molecule has 1 aliphatic rings. The first kappa shape index (κ1) is 9.21. The Labute approximate surface area is 81.1 Å². The predicted molar refractivity (Wildman–Crippen MR) is 48.3 cm³/mol. The van der Waals surface area contributed by atoms with Crippen molar-refractivity contribution >= 4 is 5.97 Å². The third kappa shape index (κ3) is 1.77. The molecule has 2 rings (SSSR count). The Balaban J connectivity index is 2.11. The van der Waals surface area contributed by atoms with Crippen LogP contribution < -0.4 is 5.32 Å². The van der Waals surface area contributed by atoms with Gasteiger partial charge < -0.3 is 14.8 Å². The van der Waals surface area contributed by atoms with E-state index in [-0.39, 0.29) is 11.6 Å². The lowest BCUT2D eigenvalue weighted by molar-refractivity contribution is 0.0690. The second-order valence-corrected chi connectivity index (χ2v) is 3.40. The summed E-state index contributed by atoms with van der Waals surface area (Å²) in [6.07, 6.45) is 3.12. The van der Waals surface area contributed by atoms with Crippen molar-refractivity contribution in [2.75, 3.05) is 13.1 Å². The van der Waals surface area contributed by atoms with E-state index in [4.69, 9.17) is 9.52 Å². The molecule has 5 heteroatoms. The van der Waals surface area contributed by atoms with Gasteiger partial charge in [0.1, 0.15) is 6.26 Å². The molecule has 1 saturated heterocycles. The Kier molecular flexibility index (Phi) is 2.49. The molecule has 1 aliphatic heterocycles. The van der Waals surface area contributed by atoms with Gasteiger partial charge in [0.25, 0.3) is 0 Å². The smallest absolute Gasteiger partial charge is 0.357 e. The Morgan fingerprint density at radius 1 is 1.57 bits per heavy atom. The summed E-state index contributed by atoms with van der Waals surface area (Å²) in [5, 5.41) is 11.9. The third-order valence-corrected chi connectivity index (χ3v) is 2.43. The monoisotopic (exact) mass is 196 g/mol. The maximum Gasteiger partial charge on any atom is 0.357 e. The lowest BCUT2D eigenvalue weighted by Gasteiger charge is -2.19. The molecule has 0 bridgehead atoms. The lowest BCUT2D eigenvalue weighted by Crippen LogP contribution is -2.26. The summed E-state index contributed by atoms with van der Waals surface area (Å²) in [6, 6.07) is 0. The molecule has 0 radical (unpaired) electrons. The minimum Gasteiger partial charge on any atom is -0.476 e. The Morgan fingerprint density at radius 3 is 2.86 bits per heavy atom. The van der Waals surface area contributed by atoms with Crippen molar-refractivity contribution in [3.05, 3.63) is 17.8 Å². The molecule has 1 fully saturated rings. The fourth-order valence-corrected chi connectivity index (χ4v) is 1.64. The van der Waals surface area contributed by atoms with Crippen LogP contribution in [0.1, 0.15) is 35.1 Å². The van der Waals surface area contributed by atoms with Gasteiger partial charge in [-0.15, -0.1) is 0 Å². The highest BCUT2D eigenvalue weighted by molar-refractivity contribution is 5.84. The molecule has 1 aromatic heterocycles. The maximum absolute atomic E-state index is 10.6. The van der Waals surface area contributed by atoms with Crippen molar-refractivity contribution in [1.29, 1.82) is 0 Å². The molecule has 0 spiro atoms. The summed E-state index contributed by atoms with van der Waals surface area (Å²) in [6.45, 7) is 1.88. The predicted octanol–water partition coefficient (Wildman–Crippen LogP) is 0.840. The first-order chi connectivity index (χ1) is 6.77. The Bertz CT molecular complexity index is 329. The summed E-state index contributed by atoms with van der Waals surface area (Å²) in [5.74, 6) is -0.206. The van der Waals surface area contributed by atoms with E-state index in [0.717, 1.165) is 25.9 Å². The Hall–Kier alpha value is -1.36. The van der Waals surface area contributed by atoms with E-state index in [1.807, 2.05) is 0 Å². The molecule has 2 N–H and O–H groups in total. The second kappa shape index (κ2) is 3.79. The second-order valence-electron chi connectivity index (χ2n) is 3.40. The molecular formula is C9H12N2O3. The average molecular weight is 196 g/mol. The molecule has 0 aromatic carbocycles. The van der Waals surface area contributed by atoms with Crippen molar-refractivity contribution in [3.8, 4) is 0 Å². The number of carboxylic acids is 1. The highest BCUT2D eigenvalue weighted by atomic mass is 16.4. The van der Waals surface area contributed by atoms with Crippen LogP contribution in [-0.4, -0.2) is 29.1 Å².